The van der Waals surface area contributed by atoms with Crippen molar-refractivity contribution in [2.75, 3.05) is 17.7 Å². The molecule has 0 unspecified atom stereocenters. The van der Waals surface area contributed by atoms with Crippen LogP contribution in [0.1, 0.15) is 18.3 Å². The molecule has 2 N–H and O–H groups in total. The van der Waals surface area contributed by atoms with Gasteiger partial charge in [-0.1, -0.05) is 18.5 Å². The van der Waals surface area contributed by atoms with Crippen LogP contribution in [-0.4, -0.2) is 28.1 Å². The zero-order valence-corrected chi connectivity index (χ0v) is 20.3. The van der Waals surface area contributed by atoms with E-state index in [-0.39, 0.29) is 0 Å². The Morgan fingerprint density at radius 2 is 1.83 bits per heavy atom. The second-order valence-electron chi connectivity index (χ2n) is 7.57. The van der Waals surface area contributed by atoms with Gasteiger partial charge in [0.2, 0.25) is 5.88 Å². The summed E-state index contributed by atoms with van der Waals surface area (Å²) in [6.07, 6.45) is 4.13. The number of hydrogen-bond donors (Lipinski definition) is 2. The standard InChI is InChI=1S/C26H24ClN5O3/c1-4-24-28-13-11-20(31-24)19-6-5-12-29-25(19)35-22-10-8-18(14-16(22)2)30-26(33)32-21-15-17(27)7-9-23(21)34-3/h5-15H,4H2,1-3H3,(H2,30,32,33). The van der Waals surface area contributed by atoms with Crippen LogP contribution in [0.2, 0.25) is 5.02 Å². The highest BCUT2D eigenvalue weighted by Crippen LogP contribution is 2.33. The molecule has 35 heavy (non-hydrogen) atoms. The molecule has 9 heteroatoms. The number of anilines is 2. The number of carbonyl (C=O) groups excluding carboxylic acids is 1. The van der Waals surface area contributed by atoms with Crippen LogP contribution in [0.4, 0.5) is 16.2 Å². The molecule has 0 bridgehead atoms. The summed E-state index contributed by atoms with van der Waals surface area (Å²) in [6.45, 7) is 3.89. The van der Waals surface area contributed by atoms with Gasteiger partial charge in [-0.3, -0.25) is 0 Å². The van der Waals surface area contributed by atoms with Crippen LogP contribution in [0.15, 0.2) is 67.0 Å². The molecule has 0 radical (unpaired) electrons. The van der Waals surface area contributed by atoms with E-state index in [1.807, 2.05) is 38.1 Å². The quantitative estimate of drug-likeness (QED) is 0.307. The summed E-state index contributed by atoms with van der Waals surface area (Å²) < 4.78 is 11.4. The highest BCUT2D eigenvalue weighted by atomic mass is 35.5. The molecule has 0 aliphatic heterocycles. The first-order valence-corrected chi connectivity index (χ1v) is 11.3. The van der Waals surface area contributed by atoms with Crippen LogP contribution in [0, 0.1) is 6.92 Å². The number of aromatic nitrogens is 3. The lowest BCUT2D eigenvalue weighted by atomic mass is 10.1. The van der Waals surface area contributed by atoms with Crippen LogP contribution >= 0.6 is 11.6 Å². The molecule has 2 heterocycles. The number of ether oxygens (including phenoxy) is 2. The monoisotopic (exact) mass is 489 g/mol. The molecule has 4 aromatic rings. The Kier molecular flexibility index (Phi) is 7.42. The highest BCUT2D eigenvalue weighted by Gasteiger charge is 2.13. The summed E-state index contributed by atoms with van der Waals surface area (Å²) in [5.41, 5.74) is 3.38. The van der Waals surface area contributed by atoms with Crippen LogP contribution < -0.4 is 20.1 Å². The first-order valence-electron chi connectivity index (χ1n) is 10.9. The molecule has 178 valence electrons. The Labute approximate surface area is 208 Å². The Hall–Kier alpha value is -4.17. The molecule has 8 nitrogen and oxygen atoms in total. The van der Waals surface area contributed by atoms with Gasteiger partial charge < -0.3 is 20.1 Å². The number of hydrogen-bond acceptors (Lipinski definition) is 6. The number of nitrogens with one attached hydrogen (secondary N) is 2. The lowest BCUT2D eigenvalue weighted by Gasteiger charge is -2.14. The van der Waals surface area contributed by atoms with Gasteiger partial charge in [0.15, 0.2) is 0 Å². The Morgan fingerprint density at radius 1 is 1.00 bits per heavy atom. The number of rotatable bonds is 7. The molecule has 0 spiro atoms. The Morgan fingerprint density at radius 3 is 2.60 bits per heavy atom. The number of halogens is 1. The topological polar surface area (TPSA) is 98.3 Å². The third kappa shape index (κ3) is 5.85. The lowest BCUT2D eigenvalue weighted by molar-refractivity contribution is 0.262. The van der Waals surface area contributed by atoms with Gasteiger partial charge in [0.1, 0.15) is 17.3 Å². The first kappa shape index (κ1) is 24.0. The smallest absolute Gasteiger partial charge is 0.323 e. The highest BCUT2D eigenvalue weighted by molar-refractivity contribution is 6.31. The van der Waals surface area contributed by atoms with E-state index < -0.39 is 6.03 Å². The van der Waals surface area contributed by atoms with E-state index >= 15 is 0 Å². The van der Waals surface area contributed by atoms with Gasteiger partial charge in [-0.15, -0.1) is 0 Å². The van der Waals surface area contributed by atoms with Gasteiger partial charge in [0, 0.05) is 29.5 Å². The van der Waals surface area contributed by atoms with Crippen molar-refractivity contribution >= 4 is 29.0 Å². The summed E-state index contributed by atoms with van der Waals surface area (Å²) in [4.78, 5) is 25.8. The zero-order chi connectivity index (χ0) is 24.8. The average molecular weight is 490 g/mol. The number of pyridine rings is 1. The van der Waals surface area contributed by atoms with E-state index in [9.17, 15) is 4.79 Å². The van der Waals surface area contributed by atoms with E-state index in [4.69, 9.17) is 21.1 Å². The molecule has 2 amide bonds. The maximum atomic E-state index is 12.5. The summed E-state index contributed by atoms with van der Waals surface area (Å²) in [7, 11) is 1.52. The van der Waals surface area contributed by atoms with Crippen LogP contribution in [0.3, 0.4) is 0 Å². The zero-order valence-electron chi connectivity index (χ0n) is 19.5. The molecular formula is C26H24ClN5O3. The van der Waals surface area contributed by atoms with Crippen molar-refractivity contribution in [3.63, 3.8) is 0 Å². The summed E-state index contributed by atoms with van der Waals surface area (Å²) >= 11 is 6.03. The van der Waals surface area contributed by atoms with Gasteiger partial charge >= 0.3 is 6.03 Å². The molecule has 0 saturated carbocycles. The molecule has 0 aliphatic carbocycles. The maximum absolute atomic E-state index is 12.5. The number of nitrogens with zero attached hydrogens (tertiary/aromatic N) is 3. The number of carbonyl (C=O) groups is 1. The molecular weight excluding hydrogens is 466 g/mol. The Bertz CT molecular complexity index is 1360. The van der Waals surface area contributed by atoms with E-state index in [0.29, 0.717) is 33.8 Å². The minimum atomic E-state index is -0.430. The molecule has 0 saturated heterocycles. The van der Waals surface area contributed by atoms with Gasteiger partial charge in [-0.25, -0.2) is 19.7 Å². The normalized spacial score (nSPS) is 10.5. The molecule has 2 aromatic heterocycles. The van der Waals surface area contributed by atoms with Crippen molar-refractivity contribution in [1.82, 2.24) is 15.0 Å². The predicted molar refractivity (Wildman–Crippen MR) is 137 cm³/mol. The average Bonchev–Trinajstić information content (AvgIpc) is 2.86. The van der Waals surface area contributed by atoms with Crippen molar-refractivity contribution in [2.45, 2.75) is 20.3 Å². The number of amides is 2. The first-order chi connectivity index (χ1) is 17.0. The fraction of sp³-hybridized carbons (Fsp3) is 0.154. The largest absolute Gasteiger partial charge is 0.495 e. The molecule has 0 aliphatic rings. The molecule has 0 atom stereocenters. The number of methoxy groups -OCH3 is 1. The SMILES string of the molecule is CCc1nccc(-c2cccnc2Oc2ccc(NC(=O)Nc3cc(Cl)ccc3OC)cc2C)n1. The van der Waals surface area contributed by atoms with Gasteiger partial charge in [-0.05, 0) is 67.1 Å². The number of urea groups is 1. The van der Waals surface area contributed by atoms with E-state index in [1.165, 1.54) is 7.11 Å². The summed E-state index contributed by atoms with van der Waals surface area (Å²) in [5, 5.41) is 6.04. The van der Waals surface area contributed by atoms with Crippen molar-refractivity contribution in [1.29, 1.82) is 0 Å². The van der Waals surface area contributed by atoms with Gasteiger partial charge in [0.05, 0.1) is 24.1 Å². The minimum absolute atomic E-state index is 0.430. The van der Waals surface area contributed by atoms with E-state index in [1.54, 1.807) is 42.7 Å². The summed E-state index contributed by atoms with van der Waals surface area (Å²) in [5.74, 6) is 2.29. The second-order valence-corrected chi connectivity index (χ2v) is 8.01. The fourth-order valence-corrected chi connectivity index (χ4v) is 3.57. The third-order valence-electron chi connectivity index (χ3n) is 5.12. The van der Waals surface area contributed by atoms with Crippen molar-refractivity contribution < 1.29 is 14.3 Å². The van der Waals surface area contributed by atoms with E-state index in [0.717, 1.165) is 29.1 Å². The van der Waals surface area contributed by atoms with Gasteiger partial charge in [0.25, 0.3) is 0 Å². The lowest BCUT2D eigenvalue weighted by Crippen LogP contribution is -2.19. The van der Waals surface area contributed by atoms with Crippen molar-refractivity contribution in [3.05, 3.63) is 83.4 Å². The molecule has 4 rings (SSSR count). The third-order valence-corrected chi connectivity index (χ3v) is 5.35. The minimum Gasteiger partial charge on any atom is -0.495 e. The van der Waals surface area contributed by atoms with Gasteiger partial charge in [-0.2, -0.15) is 0 Å². The van der Waals surface area contributed by atoms with E-state index in [2.05, 4.69) is 25.6 Å². The maximum Gasteiger partial charge on any atom is 0.323 e. The van der Waals surface area contributed by atoms with Crippen LogP contribution in [-0.2, 0) is 6.42 Å². The number of aryl methyl sites for hydroxylation is 2. The van der Waals surface area contributed by atoms with Crippen LogP contribution in [0.5, 0.6) is 17.4 Å². The fourth-order valence-electron chi connectivity index (χ4n) is 3.39. The van der Waals surface area contributed by atoms with Crippen LogP contribution in [0.25, 0.3) is 11.3 Å². The molecule has 2 aromatic carbocycles. The predicted octanol–water partition coefficient (Wildman–Crippen LogP) is 6.51. The summed E-state index contributed by atoms with van der Waals surface area (Å²) in [6, 6.07) is 15.5. The Balaban J connectivity index is 1.50. The van der Waals surface area contributed by atoms with Crippen molar-refractivity contribution in [3.8, 4) is 28.6 Å². The number of benzene rings is 2. The second kappa shape index (κ2) is 10.8. The molecule has 0 fully saturated rings. The van der Waals surface area contributed by atoms with Crippen molar-refractivity contribution in [2.24, 2.45) is 0 Å².